The van der Waals surface area contributed by atoms with E-state index in [1.807, 2.05) is 42.5 Å². The number of amides is 1. The number of likely N-dealkylation sites (N-methyl/N-ethyl adjacent to an activating group) is 2. The summed E-state index contributed by atoms with van der Waals surface area (Å²) in [4.78, 5) is 25.4. The van der Waals surface area contributed by atoms with Crippen molar-refractivity contribution < 1.29 is 9.53 Å². The molecular formula is C30H32ClN5O2. The van der Waals surface area contributed by atoms with Crippen LogP contribution >= 0.6 is 11.6 Å². The van der Waals surface area contributed by atoms with Gasteiger partial charge in [-0.3, -0.25) is 14.7 Å². The predicted octanol–water partition coefficient (Wildman–Crippen LogP) is 4.77. The van der Waals surface area contributed by atoms with E-state index in [0.29, 0.717) is 17.3 Å². The quantitative estimate of drug-likeness (QED) is 0.482. The molecule has 3 aromatic rings. The molecule has 38 heavy (non-hydrogen) atoms. The average Bonchev–Trinajstić information content (AvgIpc) is 3.24. The van der Waals surface area contributed by atoms with E-state index >= 15 is 0 Å². The van der Waals surface area contributed by atoms with Crippen molar-refractivity contribution in [2.45, 2.75) is 12.5 Å². The summed E-state index contributed by atoms with van der Waals surface area (Å²) in [7, 11) is 4.23. The highest BCUT2D eigenvalue weighted by atomic mass is 35.5. The summed E-state index contributed by atoms with van der Waals surface area (Å²) in [6.45, 7) is 6.75. The summed E-state index contributed by atoms with van der Waals surface area (Å²) in [6.07, 6.45) is 0. The first-order chi connectivity index (χ1) is 18.4. The molecule has 3 aliphatic rings. The van der Waals surface area contributed by atoms with Crippen molar-refractivity contribution in [1.82, 2.24) is 9.80 Å². The number of benzene rings is 3. The molecule has 3 heterocycles. The molecule has 8 heteroatoms. The number of halogens is 1. The third-order valence-corrected chi connectivity index (χ3v) is 7.89. The first kappa shape index (κ1) is 24.9. The van der Waals surface area contributed by atoms with E-state index in [2.05, 4.69) is 46.2 Å². The van der Waals surface area contributed by atoms with Crippen molar-refractivity contribution in [2.24, 2.45) is 4.99 Å². The molecule has 6 rings (SSSR count). The molecule has 0 saturated carbocycles. The normalized spacial score (nSPS) is 20.1. The number of fused-ring (bicyclic) bond motifs is 2. The Morgan fingerprint density at radius 3 is 2.58 bits per heavy atom. The lowest BCUT2D eigenvalue weighted by Crippen LogP contribution is -2.43. The van der Waals surface area contributed by atoms with Gasteiger partial charge in [0.15, 0.2) is 0 Å². The SMILES string of the molecule is CN1CCN(Cc2ccc(N=C(c3ccc4c(c3)OCCN4C)C3C(=O)Nc4cc(Cl)ccc43)cc2)CC1. The zero-order valence-electron chi connectivity index (χ0n) is 21.8. The lowest BCUT2D eigenvalue weighted by molar-refractivity contribution is -0.115. The van der Waals surface area contributed by atoms with Gasteiger partial charge in [0.05, 0.1) is 23.6 Å². The second kappa shape index (κ2) is 10.4. The number of carbonyl (C=O) groups is 1. The number of hydrogen-bond donors (Lipinski definition) is 1. The van der Waals surface area contributed by atoms with Crippen LogP contribution in [0.1, 0.15) is 22.6 Å². The summed E-state index contributed by atoms with van der Waals surface area (Å²) in [5.74, 6) is 0.149. The molecule has 1 unspecified atom stereocenters. The highest BCUT2D eigenvalue weighted by Crippen LogP contribution is 2.39. The predicted molar refractivity (Wildman–Crippen MR) is 153 cm³/mol. The van der Waals surface area contributed by atoms with Crippen LogP contribution in [0.5, 0.6) is 5.75 Å². The van der Waals surface area contributed by atoms with Crippen molar-refractivity contribution >= 4 is 40.3 Å². The van der Waals surface area contributed by atoms with E-state index in [-0.39, 0.29) is 5.91 Å². The number of hydrogen-bond acceptors (Lipinski definition) is 6. The third-order valence-electron chi connectivity index (χ3n) is 7.66. The van der Waals surface area contributed by atoms with E-state index in [9.17, 15) is 4.79 Å². The molecular weight excluding hydrogens is 498 g/mol. The zero-order chi connectivity index (χ0) is 26.2. The van der Waals surface area contributed by atoms with Gasteiger partial charge in [-0.05, 0) is 54.6 Å². The topological polar surface area (TPSA) is 60.4 Å². The molecule has 0 aliphatic carbocycles. The van der Waals surface area contributed by atoms with Crippen molar-refractivity contribution in [3.63, 3.8) is 0 Å². The highest BCUT2D eigenvalue weighted by molar-refractivity contribution is 6.31. The van der Waals surface area contributed by atoms with Gasteiger partial charge in [0, 0.05) is 56.0 Å². The van der Waals surface area contributed by atoms with Crippen LogP contribution in [0.4, 0.5) is 17.1 Å². The minimum atomic E-state index is -0.549. The lowest BCUT2D eigenvalue weighted by atomic mass is 9.90. The molecule has 1 atom stereocenters. The number of anilines is 2. The molecule has 0 spiro atoms. The summed E-state index contributed by atoms with van der Waals surface area (Å²) in [5, 5.41) is 3.59. The maximum Gasteiger partial charge on any atom is 0.238 e. The van der Waals surface area contributed by atoms with Gasteiger partial charge in [-0.25, -0.2) is 0 Å². The average molecular weight is 530 g/mol. The summed E-state index contributed by atoms with van der Waals surface area (Å²) >= 11 is 6.22. The fourth-order valence-corrected chi connectivity index (χ4v) is 5.57. The molecule has 3 aliphatic heterocycles. The first-order valence-electron chi connectivity index (χ1n) is 13.1. The number of piperazine rings is 1. The molecule has 1 amide bonds. The van der Waals surface area contributed by atoms with Gasteiger partial charge in [-0.15, -0.1) is 0 Å². The Morgan fingerprint density at radius 1 is 1.00 bits per heavy atom. The van der Waals surface area contributed by atoms with Gasteiger partial charge < -0.3 is 19.9 Å². The van der Waals surface area contributed by atoms with E-state index < -0.39 is 5.92 Å². The van der Waals surface area contributed by atoms with Crippen LogP contribution in [0.3, 0.4) is 0 Å². The third kappa shape index (κ3) is 5.01. The Kier molecular flexibility index (Phi) is 6.82. The van der Waals surface area contributed by atoms with Crippen molar-refractivity contribution in [2.75, 3.05) is 63.6 Å². The molecule has 3 aromatic carbocycles. The number of carbonyl (C=O) groups excluding carboxylic acids is 1. The Bertz CT molecular complexity index is 1380. The summed E-state index contributed by atoms with van der Waals surface area (Å²) < 4.78 is 5.98. The Morgan fingerprint density at radius 2 is 1.79 bits per heavy atom. The Labute approximate surface area is 228 Å². The molecule has 1 N–H and O–H groups in total. The molecule has 1 fully saturated rings. The molecule has 7 nitrogen and oxygen atoms in total. The second-order valence-corrected chi connectivity index (χ2v) is 10.8. The van der Waals surface area contributed by atoms with Gasteiger partial charge in [0.2, 0.25) is 5.91 Å². The van der Waals surface area contributed by atoms with Gasteiger partial charge in [-0.2, -0.15) is 0 Å². The van der Waals surface area contributed by atoms with Crippen LogP contribution in [0.15, 0.2) is 65.7 Å². The Hall–Kier alpha value is -3.39. The van der Waals surface area contributed by atoms with Crippen molar-refractivity contribution in [3.05, 3.63) is 82.4 Å². The zero-order valence-corrected chi connectivity index (χ0v) is 22.5. The van der Waals surface area contributed by atoms with Gasteiger partial charge in [0.1, 0.15) is 18.3 Å². The van der Waals surface area contributed by atoms with Gasteiger partial charge in [-0.1, -0.05) is 35.9 Å². The number of nitrogens with one attached hydrogen (secondary N) is 1. The standard InChI is InChI=1S/C30H32ClN5O2/c1-34-11-13-36(14-12-34)19-20-3-7-23(8-4-20)32-29(21-5-10-26-27(17-21)38-16-15-35(26)2)28-24-9-6-22(31)18-25(24)33-30(28)37/h3-10,17-18,28H,11-16,19H2,1-2H3,(H,33,37). The second-order valence-electron chi connectivity index (χ2n) is 10.3. The monoisotopic (exact) mass is 529 g/mol. The van der Waals surface area contributed by atoms with E-state index in [0.717, 1.165) is 73.2 Å². The van der Waals surface area contributed by atoms with Crippen LogP contribution in [0.2, 0.25) is 5.02 Å². The van der Waals surface area contributed by atoms with Crippen LogP contribution in [-0.4, -0.2) is 74.8 Å². The maximum atomic E-state index is 13.3. The lowest BCUT2D eigenvalue weighted by Gasteiger charge is -2.32. The van der Waals surface area contributed by atoms with E-state index in [1.165, 1.54) is 5.56 Å². The number of nitrogens with zero attached hydrogens (tertiary/aromatic N) is 4. The summed E-state index contributed by atoms with van der Waals surface area (Å²) in [5.41, 5.74) is 6.28. The van der Waals surface area contributed by atoms with E-state index in [4.69, 9.17) is 21.3 Å². The van der Waals surface area contributed by atoms with Gasteiger partial charge in [0.25, 0.3) is 0 Å². The number of aliphatic imine (C=N–C) groups is 1. The highest BCUT2D eigenvalue weighted by Gasteiger charge is 2.36. The molecule has 0 aromatic heterocycles. The number of ether oxygens (including phenoxy) is 1. The molecule has 1 saturated heterocycles. The van der Waals surface area contributed by atoms with Crippen LogP contribution < -0.4 is 15.0 Å². The summed E-state index contributed by atoms with van der Waals surface area (Å²) in [6, 6.07) is 20.0. The van der Waals surface area contributed by atoms with Crippen molar-refractivity contribution in [3.8, 4) is 5.75 Å². The van der Waals surface area contributed by atoms with Crippen molar-refractivity contribution in [1.29, 1.82) is 0 Å². The Balaban J connectivity index is 1.36. The number of rotatable bonds is 5. The fourth-order valence-electron chi connectivity index (χ4n) is 5.40. The smallest absolute Gasteiger partial charge is 0.238 e. The van der Waals surface area contributed by atoms with Gasteiger partial charge >= 0.3 is 0 Å². The minimum Gasteiger partial charge on any atom is -0.490 e. The first-order valence-corrected chi connectivity index (χ1v) is 13.5. The van der Waals surface area contributed by atoms with Crippen LogP contribution in [0, 0.1) is 0 Å². The maximum absolute atomic E-state index is 13.3. The molecule has 196 valence electrons. The molecule has 0 bridgehead atoms. The fraction of sp³-hybridized carbons (Fsp3) is 0.333. The van der Waals surface area contributed by atoms with Crippen LogP contribution in [-0.2, 0) is 11.3 Å². The van der Waals surface area contributed by atoms with Crippen LogP contribution in [0.25, 0.3) is 0 Å². The largest absolute Gasteiger partial charge is 0.490 e. The van der Waals surface area contributed by atoms with E-state index in [1.54, 1.807) is 6.07 Å². The minimum absolute atomic E-state index is 0.108. The molecule has 0 radical (unpaired) electrons.